The van der Waals surface area contributed by atoms with Crippen LogP contribution in [0.25, 0.3) is 0 Å². The summed E-state index contributed by atoms with van der Waals surface area (Å²) in [6.07, 6.45) is 0. The first kappa shape index (κ1) is 8.59. The first-order valence-electron chi connectivity index (χ1n) is 3.74. The summed E-state index contributed by atoms with van der Waals surface area (Å²) in [4.78, 5) is 10.4. The summed E-state index contributed by atoms with van der Waals surface area (Å²) in [5.74, 6) is -0.848. The van der Waals surface area contributed by atoms with E-state index in [1.54, 1.807) is 6.92 Å². The average Bonchev–Trinajstić information content (AvgIpc) is 2.06. The molecule has 1 rings (SSSR count). The third kappa shape index (κ3) is 2.27. The monoisotopic (exact) mass is 166 g/mol. The largest absolute Gasteiger partial charge is 0.480 e. The number of hydrogen-bond acceptors (Lipinski definition) is 2. The molecule has 0 saturated carbocycles. The molecule has 0 amide bonds. The van der Waals surface area contributed by atoms with Crippen molar-refractivity contribution in [2.75, 3.05) is 5.32 Å². The summed E-state index contributed by atoms with van der Waals surface area (Å²) >= 11 is 0. The van der Waals surface area contributed by atoms with Crippen LogP contribution in [0.3, 0.4) is 0 Å². The highest BCUT2D eigenvalue weighted by Gasteiger charge is 2.08. The van der Waals surface area contributed by atoms with Gasteiger partial charge in [-0.15, -0.1) is 0 Å². The molecule has 0 saturated heterocycles. The van der Waals surface area contributed by atoms with Crippen molar-refractivity contribution in [3.05, 3.63) is 30.3 Å². The van der Waals surface area contributed by atoms with Gasteiger partial charge in [0.15, 0.2) is 0 Å². The number of carboxylic acid groups (broad SMARTS) is 1. The third-order valence-corrected chi connectivity index (χ3v) is 1.53. The van der Waals surface area contributed by atoms with Crippen molar-refractivity contribution in [1.29, 1.82) is 0 Å². The predicted octanol–water partition coefficient (Wildman–Crippen LogP) is 1.57. The van der Waals surface area contributed by atoms with E-state index in [0.717, 1.165) is 5.69 Å². The normalized spacial score (nSPS) is 12.1. The van der Waals surface area contributed by atoms with E-state index in [1.807, 2.05) is 30.3 Å². The fourth-order valence-corrected chi connectivity index (χ4v) is 0.846. The molecular weight excluding hydrogens is 155 g/mol. The zero-order chi connectivity index (χ0) is 8.97. The Morgan fingerprint density at radius 3 is 2.50 bits per heavy atom. The Bertz CT molecular complexity index is 258. The molecule has 1 aromatic rings. The maximum absolute atomic E-state index is 10.4. The highest BCUT2D eigenvalue weighted by molar-refractivity contribution is 5.76. The number of anilines is 1. The summed E-state index contributed by atoms with van der Waals surface area (Å²) in [7, 11) is 0. The molecule has 0 bridgehead atoms. The quantitative estimate of drug-likeness (QED) is 0.716. The third-order valence-electron chi connectivity index (χ3n) is 1.53. The minimum atomic E-state index is -0.848. The zero-order valence-electron chi connectivity index (χ0n) is 6.82. The van der Waals surface area contributed by atoms with E-state index in [2.05, 4.69) is 5.32 Å². The van der Waals surface area contributed by atoms with Crippen LogP contribution in [0, 0.1) is 0 Å². The number of benzene rings is 1. The molecule has 0 aliphatic heterocycles. The van der Waals surface area contributed by atoms with Gasteiger partial charge in [-0.3, -0.25) is 4.79 Å². The standard InChI is InChI=1S/C9H11NO2/c1-7(9(11)12)10-8-5-3-2-4-6-8/h2-7,10H,1H3,(H,11,12)/t7-/m0/s1/i8+1. The number of hydrogen-bond donors (Lipinski definition) is 2. The number of carboxylic acids is 1. The Kier molecular flexibility index (Phi) is 2.69. The SMILES string of the molecule is C[C@H](N[13c]1ccccc1)C(=O)O. The second-order valence-corrected chi connectivity index (χ2v) is 2.57. The van der Waals surface area contributed by atoms with Gasteiger partial charge in [0, 0.05) is 5.69 Å². The van der Waals surface area contributed by atoms with Gasteiger partial charge < -0.3 is 10.4 Å². The van der Waals surface area contributed by atoms with E-state index < -0.39 is 12.0 Å². The van der Waals surface area contributed by atoms with Crippen LogP contribution in [0.15, 0.2) is 30.3 Å². The smallest absolute Gasteiger partial charge is 0.325 e. The van der Waals surface area contributed by atoms with Gasteiger partial charge in [0.2, 0.25) is 0 Å². The zero-order valence-corrected chi connectivity index (χ0v) is 6.82. The van der Waals surface area contributed by atoms with Crippen molar-refractivity contribution < 1.29 is 9.90 Å². The molecule has 3 nitrogen and oxygen atoms in total. The average molecular weight is 166 g/mol. The molecule has 0 heterocycles. The Labute approximate surface area is 71.0 Å². The van der Waals surface area contributed by atoms with Crippen molar-refractivity contribution in [3.63, 3.8) is 0 Å². The number of rotatable bonds is 3. The van der Waals surface area contributed by atoms with Crippen LogP contribution in [0.4, 0.5) is 5.69 Å². The molecule has 0 aromatic heterocycles. The minimum Gasteiger partial charge on any atom is -0.480 e. The van der Waals surface area contributed by atoms with Crippen molar-refractivity contribution >= 4 is 11.7 Å². The minimum absolute atomic E-state index is 0.549. The van der Waals surface area contributed by atoms with E-state index in [0.29, 0.717) is 0 Å². The molecule has 0 spiro atoms. The van der Waals surface area contributed by atoms with Crippen molar-refractivity contribution in [1.82, 2.24) is 0 Å². The first-order valence-corrected chi connectivity index (χ1v) is 3.74. The lowest BCUT2D eigenvalue weighted by Gasteiger charge is -2.09. The van der Waals surface area contributed by atoms with E-state index in [9.17, 15) is 4.79 Å². The van der Waals surface area contributed by atoms with Crippen molar-refractivity contribution in [2.24, 2.45) is 0 Å². The Morgan fingerprint density at radius 2 is 2.00 bits per heavy atom. The summed E-state index contributed by atoms with van der Waals surface area (Å²) in [5.41, 5.74) is 0.826. The summed E-state index contributed by atoms with van der Waals surface area (Å²) in [6, 6.07) is 8.72. The second kappa shape index (κ2) is 3.76. The topological polar surface area (TPSA) is 49.3 Å². The molecule has 0 radical (unpaired) electrons. The molecule has 2 N–H and O–H groups in total. The Morgan fingerprint density at radius 1 is 1.42 bits per heavy atom. The molecule has 1 aromatic carbocycles. The summed E-state index contributed by atoms with van der Waals surface area (Å²) < 4.78 is 0. The Balaban J connectivity index is 2.58. The predicted molar refractivity (Wildman–Crippen MR) is 47.2 cm³/mol. The van der Waals surface area contributed by atoms with Gasteiger partial charge in [-0.2, -0.15) is 0 Å². The van der Waals surface area contributed by atoms with Gasteiger partial charge in [-0.1, -0.05) is 18.2 Å². The van der Waals surface area contributed by atoms with Crippen molar-refractivity contribution in [2.45, 2.75) is 13.0 Å². The van der Waals surface area contributed by atoms with E-state index >= 15 is 0 Å². The van der Waals surface area contributed by atoms with E-state index in [4.69, 9.17) is 5.11 Å². The van der Waals surface area contributed by atoms with Crippen LogP contribution in [0.2, 0.25) is 0 Å². The van der Waals surface area contributed by atoms with Crippen LogP contribution in [0.1, 0.15) is 6.92 Å². The molecule has 0 aliphatic carbocycles. The fraction of sp³-hybridized carbons (Fsp3) is 0.222. The van der Waals surface area contributed by atoms with Crippen LogP contribution >= 0.6 is 0 Å². The summed E-state index contributed by atoms with van der Waals surface area (Å²) in [5, 5.41) is 11.4. The van der Waals surface area contributed by atoms with Gasteiger partial charge in [-0.25, -0.2) is 0 Å². The Hall–Kier alpha value is -1.51. The number of carbonyl (C=O) groups is 1. The van der Waals surface area contributed by atoms with Gasteiger partial charge in [0.05, 0.1) is 0 Å². The number of aliphatic carboxylic acids is 1. The number of nitrogens with one attached hydrogen (secondary N) is 1. The molecule has 0 unspecified atom stereocenters. The van der Waals surface area contributed by atoms with Gasteiger partial charge >= 0.3 is 5.97 Å². The van der Waals surface area contributed by atoms with Gasteiger partial charge in [0.1, 0.15) is 6.04 Å². The summed E-state index contributed by atoms with van der Waals surface area (Å²) in [6.45, 7) is 1.61. The van der Waals surface area contributed by atoms with Crippen LogP contribution in [0.5, 0.6) is 0 Å². The fourth-order valence-electron chi connectivity index (χ4n) is 0.846. The molecule has 64 valence electrons. The molecule has 1 atom stereocenters. The second-order valence-electron chi connectivity index (χ2n) is 2.57. The lowest BCUT2D eigenvalue weighted by molar-refractivity contribution is -0.137. The lowest BCUT2D eigenvalue weighted by Crippen LogP contribution is -2.25. The molecule has 0 aliphatic rings. The van der Waals surface area contributed by atoms with Gasteiger partial charge in [0.25, 0.3) is 0 Å². The molecular formula is C9H11NO2. The molecule has 3 heteroatoms. The maximum atomic E-state index is 10.4. The number of para-hydroxylation sites is 1. The van der Waals surface area contributed by atoms with Crippen LogP contribution in [-0.4, -0.2) is 17.1 Å². The maximum Gasteiger partial charge on any atom is 0.325 e. The van der Waals surface area contributed by atoms with Crippen molar-refractivity contribution in [3.8, 4) is 0 Å². The van der Waals surface area contributed by atoms with Crippen LogP contribution in [-0.2, 0) is 4.79 Å². The first-order chi connectivity index (χ1) is 5.70. The molecule has 12 heavy (non-hydrogen) atoms. The highest BCUT2D eigenvalue weighted by atomic mass is 16.4. The van der Waals surface area contributed by atoms with Gasteiger partial charge in [-0.05, 0) is 19.1 Å². The van der Waals surface area contributed by atoms with E-state index in [1.165, 1.54) is 0 Å². The lowest BCUT2D eigenvalue weighted by atomic mass is 10.3. The molecule has 0 fully saturated rings. The van der Waals surface area contributed by atoms with E-state index in [-0.39, 0.29) is 0 Å². The highest BCUT2D eigenvalue weighted by Crippen LogP contribution is 2.06. The van der Waals surface area contributed by atoms with Crippen LogP contribution < -0.4 is 5.32 Å².